The molecule has 0 aliphatic carbocycles. The highest BCUT2D eigenvalue weighted by molar-refractivity contribution is 5.97. The predicted molar refractivity (Wildman–Crippen MR) is 91.7 cm³/mol. The number of H-pyrrole nitrogens is 1. The minimum absolute atomic E-state index is 0.00400. The van der Waals surface area contributed by atoms with Crippen LogP contribution < -0.4 is 0 Å². The Morgan fingerprint density at radius 1 is 1.16 bits per heavy atom. The van der Waals surface area contributed by atoms with E-state index < -0.39 is 6.10 Å². The lowest BCUT2D eigenvalue weighted by atomic mass is 9.89. The minimum Gasteiger partial charge on any atom is -0.387 e. The Morgan fingerprint density at radius 3 is 2.72 bits per heavy atom. The summed E-state index contributed by atoms with van der Waals surface area (Å²) in [5, 5.41) is 21.1. The van der Waals surface area contributed by atoms with E-state index in [1.807, 2.05) is 23.1 Å². The predicted octanol–water partition coefficient (Wildman–Crippen LogP) is 1.94. The maximum Gasteiger partial charge on any atom is 0.253 e. The monoisotopic (exact) mass is 337 g/mol. The van der Waals surface area contributed by atoms with Crippen molar-refractivity contribution in [2.24, 2.45) is 5.92 Å². The van der Waals surface area contributed by atoms with E-state index in [4.69, 9.17) is 0 Å². The van der Waals surface area contributed by atoms with Gasteiger partial charge in [-0.15, -0.1) is 0 Å². The number of hydrogen-bond donors (Lipinski definition) is 2. The van der Waals surface area contributed by atoms with E-state index in [1.165, 1.54) is 0 Å². The van der Waals surface area contributed by atoms with Crippen LogP contribution in [0.4, 0.5) is 0 Å². The van der Waals surface area contributed by atoms with Crippen molar-refractivity contribution in [1.29, 1.82) is 0 Å². The van der Waals surface area contributed by atoms with E-state index in [1.54, 1.807) is 24.4 Å². The third kappa shape index (κ3) is 3.10. The molecule has 1 fully saturated rings. The molecule has 0 saturated carbocycles. The summed E-state index contributed by atoms with van der Waals surface area (Å²) in [5.74, 6) is 0.118. The molecule has 1 atom stereocenters. The van der Waals surface area contributed by atoms with Gasteiger partial charge in [-0.1, -0.05) is 6.07 Å². The van der Waals surface area contributed by atoms with Crippen molar-refractivity contribution in [2.45, 2.75) is 18.9 Å². The van der Waals surface area contributed by atoms with Crippen LogP contribution in [0, 0.1) is 5.92 Å². The van der Waals surface area contributed by atoms with Crippen molar-refractivity contribution in [3.8, 4) is 0 Å². The third-order valence-electron chi connectivity index (χ3n) is 4.83. The van der Waals surface area contributed by atoms with Crippen LogP contribution in [0.15, 0.2) is 42.6 Å². The number of aliphatic hydroxyl groups is 1. The molecule has 128 valence electrons. The molecule has 7 nitrogen and oxygen atoms in total. The molecule has 0 radical (unpaired) electrons. The number of nitrogens with zero attached hydrogens (tertiary/aromatic N) is 4. The number of rotatable bonds is 3. The zero-order chi connectivity index (χ0) is 17.2. The van der Waals surface area contributed by atoms with Crippen LogP contribution in [0.5, 0.6) is 0 Å². The molecule has 7 heteroatoms. The molecule has 0 unspecified atom stereocenters. The van der Waals surface area contributed by atoms with Gasteiger partial charge in [0.05, 0.1) is 11.8 Å². The van der Waals surface area contributed by atoms with Crippen molar-refractivity contribution in [2.75, 3.05) is 13.1 Å². The Morgan fingerprint density at radius 2 is 1.96 bits per heavy atom. The van der Waals surface area contributed by atoms with Gasteiger partial charge in [0.15, 0.2) is 0 Å². The highest BCUT2D eigenvalue weighted by atomic mass is 16.3. The lowest BCUT2D eigenvalue weighted by Gasteiger charge is -2.34. The van der Waals surface area contributed by atoms with Gasteiger partial charge in [0, 0.05) is 24.8 Å². The lowest BCUT2D eigenvalue weighted by Crippen LogP contribution is -2.39. The third-order valence-corrected chi connectivity index (χ3v) is 4.83. The maximum atomic E-state index is 12.7. The minimum atomic E-state index is -0.579. The van der Waals surface area contributed by atoms with Gasteiger partial charge in [0.25, 0.3) is 5.91 Å². The first-order valence-corrected chi connectivity index (χ1v) is 8.41. The summed E-state index contributed by atoms with van der Waals surface area (Å²) in [4.78, 5) is 18.8. The summed E-state index contributed by atoms with van der Waals surface area (Å²) in [5.41, 5.74) is 2.74. The Hall–Kier alpha value is -2.80. The normalized spacial score (nSPS) is 16.9. The summed E-state index contributed by atoms with van der Waals surface area (Å²) in [6.45, 7) is 1.26. The molecular formula is C18H19N5O2. The first-order valence-electron chi connectivity index (χ1n) is 8.41. The molecule has 1 aliphatic rings. The number of aliphatic hydroxyl groups excluding tert-OH is 1. The van der Waals surface area contributed by atoms with Gasteiger partial charge in [-0.25, -0.2) is 0 Å². The highest BCUT2D eigenvalue weighted by Gasteiger charge is 2.29. The van der Waals surface area contributed by atoms with Crippen LogP contribution in [-0.2, 0) is 0 Å². The molecular weight excluding hydrogens is 318 g/mol. The van der Waals surface area contributed by atoms with Gasteiger partial charge in [0.1, 0.15) is 11.0 Å². The van der Waals surface area contributed by atoms with Crippen LogP contribution in [0.1, 0.15) is 35.0 Å². The maximum absolute atomic E-state index is 12.7. The number of pyridine rings is 1. The molecule has 1 aromatic carbocycles. The van der Waals surface area contributed by atoms with Crippen LogP contribution in [0.25, 0.3) is 11.0 Å². The average Bonchev–Trinajstić information content (AvgIpc) is 3.15. The topological polar surface area (TPSA) is 95.0 Å². The SMILES string of the molecule is O=C(c1ccc2n[nH]nc2c1)N1CCC([C@H](O)c2ccccn2)CC1. The van der Waals surface area contributed by atoms with E-state index in [0.717, 1.165) is 18.4 Å². The average molecular weight is 337 g/mol. The van der Waals surface area contributed by atoms with Crippen LogP contribution in [-0.4, -0.2) is 49.4 Å². The number of hydrogen-bond acceptors (Lipinski definition) is 5. The van der Waals surface area contributed by atoms with Gasteiger partial charge >= 0.3 is 0 Å². The fraction of sp³-hybridized carbons (Fsp3) is 0.333. The largest absolute Gasteiger partial charge is 0.387 e. The van der Waals surface area contributed by atoms with Crippen LogP contribution >= 0.6 is 0 Å². The molecule has 3 aromatic rings. The molecule has 2 aromatic heterocycles. The quantitative estimate of drug-likeness (QED) is 0.761. The molecule has 1 aliphatic heterocycles. The molecule has 2 N–H and O–H groups in total. The molecule has 0 spiro atoms. The molecule has 4 rings (SSSR count). The summed E-state index contributed by atoms with van der Waals surface area (Å²) < 4.78 is 0. The second kappa shape index (κ2) is 6.60. The highest BCUT2D eigenvalue weighted by Crippen LogP contribution is 2.30. The number of benzene rings is 1. The molecule has 0 bridgehead atoms. The smallest absolute Gasteiger partial charge is 0.253 e. The number of aromatic amines is 1. The molecule has 25 heavy (non-hydrogen) atoms. The Kier molecular flexibility index (Phi) is 4.15. The standard InChI is InChI=1S/C18H19N5O2/c24-17(15-3-1-2-8-19-15)12-6-9-23(10-7-12)18(25)13-4-5-14-16(11-13)21-22-20-14/h1-5,8,11-12,17,24H,6-7,9-10H2,(H,20,21,22)/t17-/m0/s1. The second-order valence-electron chi connectivity index (χ2n) is 6.36. The summed E-state index contributed by atoms with van der Waals surface area (Å²) in [6.07, 6.45) is 2.63. The van der Waals surface area contributed by atoms with Gasteiger partial charge in [-0.2, -0.15) is 15.4 Å². The molecule has 3 heterocycles. The van der Waals surface area contributed by atoms with Gasteiger partial charge in [-0.3, -0.25) is 9.78 Å². The number of likely N-dealkylation sites (tertiary alicyclic amines) is 1. The first kappa shape index (κ1) is 15.7. The zero-order valence-electron chi connectivity index (χ0n) is 13.7. The van der Waals surface area contributed by atoms with Crippen LogP contribution in [0.2, 0.25) is 0 Å². The van der Waals surface area contributed by atoms with Crippen molar-refractivity contribution in [3.63, 3.8) is 0 Å². The van der Waals surface area contributed by atoms with Gasteiger partial charge in [0.2, 0.25) is 0 Å². The number of piperidine rings is 1. The van der Waals surface area contributed by atoms with Gasteiger partial charge < -0.3 is 10.0 Å². The fourth-order valence-electron chi connectivity index (χ4n) is 3.37. The van der Waals surface area contributed by atoms with Crippen molar-refractivity contribution >= 4 is 16.9 Å². The Balaban J connectivity index is 1.42. The first-order chi connectivity index (χ1) is 12.2. The number of fused-ring (bicyclic) bond motifs is 1. The van der Waals surface area contributed by atoms with Crippen molar-refractivity contribution in [1.82, 2.24) is 25.3 Å². The van der Waals surface area contributed by atoms with E-state index in [9.17, 15) is 9.90 Å². The number of aromatic nitrogens is 4. The van der Waals surface area contributed by atoms with E-state index in [-0.39, 0.29) is 11.8 Å². The van der Waals surface area contributed by atoms with Gasteiger partial charge in [-0.05, 0) is 49.1 Å². The van der Waals surface area contributed by atoms with E-state index in [0.29, 0.717) is 29.9 Å². The summed E-state index contributed by atoms with van der Waals surface area (Å²) >= 11 is 0. The van der Waals surface area contributed by atoms with E-state index >= 15 is 0 Å². The number of nitrogens with one attached hydrogen (secondary N) is 1. The zero-order valence-corrected chi connectivity index (χ0v) is 13.7. The van der Waals surface area contributed by atoms with Crippen LogP contribution in [0.3, 0.4) is 0 Å². The van der Waals surface area contributed by atoms with E-state index in [2.05, 4.69) is 20.4 Å². The number of carbonyl (C=O) groups is 1. The number of amides is 1. The lowest BCUT2D eigenvalue weighted by molar-refractivity contribution is 0.0447. The Labute approximate surface area is 144 Å². The molecule has 1 saturated heterocycles. The molecule has 1 amide bonds. The Bertz CT molecular complexity index is 871. The fourth-order valence-corrected chi connectivity index (χ4v) is 3.37. The van der Waals surface area contributed by atoms with Crippen molar-refractivity contribution in [3.05, 3.63) is 53.9 Å². The second-order valence-corrected chi connectivity index (χ2v) is 6.36. The summed E-state index contributed by atoms with van der Waals surface area (Å²) in [6, 6.07) is 10.9. The summed E-state index contributed by atoms with van der Waals surface area (Å²) in [7, 11) is 0. The van der Waals surface area contributed by atoms with Crippen molar-refractivity contribution < 1.29 is 9.90 Å². The number of carbonyl (C=O) groups excluding carboxylic acids is 1.